The number of ether oxygens (including phenoxy) is 1. The van der Waals surface area contributed by atoms with Crippen molar-refractivity contribution in [3.05, 3.63) is 30.1 Å². The van der Waals surface area contributed by atoms with Gasteiger partial charge in [0.25, 0.3) is 0 Å². The summed E-state index contributed by atoms with van der Waals surface area (Å²) in [7, 11) is 0. The zero-order valence-electron chi connectivity index (χ0n) is 12.0. The Kier molecular flexibility index (Phi) is 5.76. The van der Waals surface area contributed by atoms with Gasteiger partial charge in [-0.1, -0.05) is 33.8 Å². The normalized spacial score (nSPS) is 15.4. The van der Waals surface area contributed by atoms with E-state index in [1.165, 1.54) is 0 Å². The molecule has 0 amide bonds. The first-order chi connectivity index (χ1) is 8.44. The summed E-state index contributed by atoms with van der Waals surface area (Å²) < 4.78 is 5.97. The van der Waals surface area contributed by atoms with Crippen LogP contribution in [0.2, 0.25) is 0 Å². The van der Waals surface area contributed by atoms with Gasteiger partial charge in [-0.3, -0.25) is 4.98 Å². The van der Waals surface area contributed by atoms with Crippen molar-refractivity contribution < 1.29 is 4.74 Å². The van der Waals surface area contributed by atoms with Crippen LogP contribution in [0.15, 0.2) is 24.4 Å². The number of rotatable bonds is 6. The number of nitrogens with two attached hydrogens (primary N) is 1. The fraction of sp³-hybridized carbons (Fsp3) is 0.667. The minimum absolute atomic E-state index is 0.000122. The minimum Gasteiger partial charge on any atom is -0.370 e. The Balaban J connectivity index is 2.63. The number of hydrogen-bond donors (Lipinski definition) is 1. The first-order valence-electron chi connectivity index (χ1n) is 6.72. The number of pyridine rings is 1. The Labute approximate surface area is 111 Å². The Morgan fingerprint density at radius 3 is 2.56 bits per heavy atom. The van der Waals surface area contributed by atoms with Gasteiger partial charge in [-0.25, -0.2) is 0 Å². The van der Waals surface area contributed by atoms with Crippen LogP contribution in [-0.2, 0) is 4.74 Å². The second-order valence-electron chi connectivity index (χ2n) is 5.93. The lowest BCUT2D eigenvalue weighted by molar-refractivity contribution is 0.0173. The van der Waals surface area contributed by atoms with Crippen LogP contribution in [0.25, 0.3) is 0 Å². The van der Waals surface area contributed by atoms with Crippen molar-refractivity contribution in [2.45, 2.75) is 52.7 Å². The minimum atomic E-state index is -0.0986. The molecule has 0 saturated heterocycles. The van der Waals surface area contributed by atoms with Gasteiger partial charge in [0.2, 0.25) is 0 Å². The molecule has 3 nitrogen and oxygen atoms in total. The molecular formula is C15H26N2O. The lowest BCUT2D eigenvalue weighted by Crippen LogP contribution is -2.31. The Morgan fingerprint density at radius 1 is 1.33 bits per heavy atom. The van der Waals surface area contributed by atoms with Crippen LogP contribution in [0.5, 0.6) is 0 Å². The third kappa shape index (κ3) is 5.15. The molecule has 0 aromatic carbocycles. The summed E-state index contributed by atoms with van der Waals surface area (Å²) in [5, 5.41) is 0. The maximum atomic E-state index is 6.13. The molecule has 0 radical (unpaired) electrons. The van der Waals surface area contributed by atoms with E-state index in [1.807, 2.05) is 18.2 Å². The molecule has 0 aliphatic heterocycles. The maximum absolute atomic E-state index is 6.13. The summed E-state index contributed by atoms with van der Waals surface area (Å²) in [6, 6.07) is 5.87. The summed E-state index contributed by atoms with van der Waals surface area (Å²) in [6.45, 7) is 9.44. The van der Waals surface area contributed by atoms with Gasteiger partial charge in [0.15, 0.2) is 0 Å². The molecule has 2 atom stereocenters. The van der Waals surface area contributed by atoms with Gasteiger partial charge in [0.05, 0.1) is 5.69 Å². The van der Waals surface area contributed by atoms with Crippen molar-refractivity contribution in [2.24, 2.45) is 11.1 Å². The predicted molar refractivity (Wildman–Crippen MR) is 75.3 cm³/mol. The zero-order valence-corrected chi connectivity index (χ0v) is 12.0. The monoisotopic (exact) mass is 250 g/mol. The smallest absolute Gasteiger partial charge is 0.114 e. The average molecular weight is 250 g/mol. The second kappa shape index (κ2) is 6.86. The lowest BCUT2D eigenvalue weighted by Gasteiger charge is -2.25. The molecule has 18 heavy (non-hydrogen) atoms. The van der Waals surface area contributed by atoms with Crippen molar-refractivity contribution in [1.29, 1.82) is 0 Å². The van der Waals surface area contributed by atoms with Gasteiger partial charge in [0.1, 0.15) is 6.10 Å². The summed E-state index contributed by atoms with van der Waals surface area (Å²) in [4.78, 5) is 4.36. The van der Waals surface area contributed by atoms with Gasteiger partial charge in [-0.05, 0) is 30.4 Å². The highest BCUT2D eigenvalue weighted by Gasteiger charge is 2.21. The molecule has 3 heteroatoms. The van der Waals surface area contributed by atoms with Gasteiger partial charge in [-0.2, -0.15) is 0 Å². The molecule has 0 aliphatic rings. The fourth-order valence-corrected chi connectivity index (χ4v) is 1.68. The van der Waals surface area contributed by atoms with E-state index in [0.717, 1.165) is 25.1 Å². The van der Waals surface area contributed by atoms with Gasteiger partial charge >= 0.3 is 0 Å². The highest BCUT2D eigenvalue weighted by molar-refractivity contribution is 5.09. The lowest BCUT2D eigenvalue weighted by atomic mass is 9.93. The SMILES string of the molecule is CCC(N)C(OCCC(C)(C)C)c1ccccn1. The summed E-state index contributed by atoms with van der Waals surface area (Å²) in [5.74, 6) is 0. The molecule has 102 valence electrons. The third-order valence-electron chi connectivity index (χ3n) is 2.99. The van der Waals surface area contributed by atoms with E-state index in [2.05, 4.69) is 32.7 Å². The van der Waals surface area contributed by atoms with Crippen LogP contribution in [0, 0.1) is 5.41 Å². The number of hydrogen-bond acceptors (Lipinski definition) is 3. The van der Waals surface area contributed by atoms with Crippen molar-refractivity contribution >= 4 is 0 Å². The van der Waals surface area contributed by atoms with E-state index in [9.17, 15) is 0 Å². The molecule has 1 aromatic rings. The predicted octanol–water partition coefficient (Wildman–Crippen LogP) is 3.31. The van der Waals surface area contributed by atoms with Crippen molar-refractivity contribution in [3.8, 4) is 0 Å². The molecule has 0 aliphatic carbocycles. The van der Waals surface area contributed by atoms with E-state index in [-0.39, 0.29) is 17.6 Å². The van der Waals surface area contributed by atoms with E-state index in [4.69, 9.17) is 10.5 Å². The summed E-state index contributed by atoms with van der Waals surface area (Å²) >= 11 is 0. The number of nitrogens with zero attached hydrogens (tertiary/aromatic N) is 1. The number of aromatic nitrogens is 1. The molecular weight excluding hydrogens is 224 g/mol. The Morgan fingerprint density at radius 2 is 2.06 bits per heavy atom. The molecule has 1 heterocycles. The molecule has 1 aromatic heterocycles. The van der Waals surface area contributed by atoms with Crippen LogP contribution in [-0.4, -0.2) is 17.6 Å². The summed E-state index contributed by atoms with van der Waals surface area (Å²) in [5.41, 5.74) is 7.35. The zero-order chi connectivity index (χ0) is 13.6. The standard InChI is InChI=1S/C15H26N2O/c1-5-12(16)14(13-8-6-7-10-17-13)18-11-9-15(2,3)4/h6-8,10,12,14H,5,9,11,16H2,1-4H3. The fourth-order valence-electron chi connectivity index (χ4n) is 1.68. The van der Waals surface area contributed by atoms with Gasteiger partial charge in [0, 0.05) is 18.8 Å². The molecule has 0 saturated carbocycles. The van der Waals surface area contributed by atoms with E-state index in [1.54, 1.807) is 6.20 Å². The highest BCUT2D eigenvalue weighted by atomic mass is 16.5. The second-order valence-corrected chi connectivity index (χ2v) is 5.93. The van der Waals surface area contributed by atoms with Gasteiger partial charge < -0.3 is 10.5 Å². The molecule has 0 fully saturated rings. The average Bonchev–Trinajstić information content (AvgIpc) is 2.33. The van der Waals surface area contributed by atoms with E-state index in [0.29, 0.717) is 0 Å². The first kappa shape index (κ1) is 15.1. The van der Waals surface area contributed by atoms with Crippen molar-refractivity contribution in [3.63, 3.8) is 0 Å². The largest absolute Gasteiger partial charge is 0.370 e. The molecule has 2 unspecified atom stereocenters. The van der Waals surface area contributed by atoms with Crippen LogP contribution >= 0.6 is 0 Å². The van der Waals surface area contributed by atoms with Crippen LogP contribution in [0.4, 0.5) is 0 Å². The van der Waals surface area contributed by atoms with Crippen LogP contribution in [0.3, 0.4) is 0 Å². The molecule has 0 spiro atoms. The topological polar surface area (TPSA) is 48.1 Å². The maximum Gasteiger partial charge on any atom is 0.114 e. The third-order valence-corrected chi connectivity index (χ3v) is 2.99. The van der Waals surface area contributed by atoms with Crippen LogP contribution in [0.1, 0.15) is 52.3 Å². The molecule has 1 rings (SSSR count). The molecule has 0 bridgehead atoms. The highest BCUT2D eigenvalue weighted by Crippen LogP contribution is 2.23. The summed E-state index contributed by atoms with van der Waals surface area (Å²) in [6.07, 6.45) is 3.60. The van der Waals surface area contributed by atoms with E-state index >= 15 is 0 Å². The van der Waals surface area contributed by atoms with Crippen LogP contribution < -0.4 is 5.73 Å². The van der Waals surface area contributed by atoms with Crippen molar-refractivity contribution in [1.82, 2.24) is 4.98 Å². The van der Waals surface area contributed by atoms with E-state index < -0.39 is 0 Å². The molecule has 2 N–H and O–H groups in total. The van der Waals surface area contributed by atoms with Gasteiger partial charge in [-0.15, -0.1) is 0 Å². The Hall–Kier alpha value is -0.930. The Bertz CT molecular complexity index is 332. The quantitative estimate of drug-likeness (QED) is 0.842. The first-order valence-corrected chi connectivity index (χ1v) is 6.72. The van der Waals surface area contributed by atoms with Crippen molar-refractivity contribution in [2.75, 3.05) is 6.61 Å².